The topological polar surface area (TPSA) is 69.9 Å². The minimum atomic E-state index is -0.488. The van der Waals surface area contributed by atoms with Gasteiger partial charge < -0.3 is 9.47 Å². The van der Waals surface area contributed by atoms with Crippen LogP contribution in [0, 0.1) is 0 Å². The number of carbonyl (C=O) groups excluding carboxylic acids is 1. The van der Waals surface area contributed by atoms with E-state index in [0.717, 1.165) is 11.0 Å². The highest BCUT2D eigenvalue weighted by Crippen LogP contribution is 2.22. The number of imidazole rings is 1. The van der Waals surface area contributed by atoms with Crippen LogP contribution in [0.3, 0.4) is 0 Å². The number of benzene rings is 3. The van der Waals surface area contributed by atoms with Crippen LogP contribution in [0.15, 0.2) is 77.6 Å². The third kappa shape index (κ3) is 3.45. The summed E-state index contributed by atoms with van der Waals surface area (Å²) in [6, 6.07) is 21.3. The van der Waals surface area contributed by atoms with Crippen LogP contribution in [0.4, 0.5) is 0 Å². The van der Waals surface area contributed by atoms with Crippen molar-refractivity contribution in [1.29, 1.82) is 0 Å². The SMILES string of the molecule is COc1ccc(C(=O)Oc2ccccc2/C=c2\sc3nc4ccccc4n3c2=O)cc1. The monoisotopic (exact) mass is 428 g/mol. The van der Waals surface area contributed by atoms with Crippen LogP contribution in [0.25, 0.3) is 22.1 Å². The van der Waals surface area contributed by atoms with Gasteiger partial charge in [0.25, 0.3) is 5.56 Å². The predicted octanol–water partition coefficient (Wildman–Crippen LogP) is 3.68. The molecule has 152 valence electrons. The molecule has 0 bridgehead atoms. The highest BCUT2D eigenvalue weighted by molar-refractivity contribution is 7.15. The summed E-state index contributed by atoms with van der Waals surface area (Å²) in [7, 11) is 1.56. The lowest BCUT2D eigenvalue weighted by atomic mass is 10.2. The summed E-state index contributed by atoms with van der Waals surface area (Å²) in [6.45, 7) is 0. The molecule has 2 aromatic heterocycles. The lowest BCUT2D eigenvalue weighted by Crippen LogP contribution is -2.22. The van der Waals surface area contributed by atoms with Gasteiger partial charge in [0.1, 0.15) is 11.5 Å². The number of hydrogen-bond acceptors (Lipinski definition) is 6. The maximum Gasteiger partial charge on any atom is 0.343 e. The van der Waals surface area contributed by atoms with Gasteiger partial charge in [0.2, 0.25) is 0 Å². The van der Waals surface area contributed by atoms with Crippen LogP contribution in [0.5, 0.6) is 11.5 Å². The summed E-state index contributed by atoms with van der Waals surface area (Å²) in [6.07, 6.45) is 1.73. The fraction of sp³-hybridized carbons (Fsp3) is 0.0417. The molecule has 3 aromatic carbocycles. The van der Waals surface area contributed by atoms with Crippen molar-refractivity contribution in [3.8, 4) is 11.5 Å². The van der Waals surface area contributed by atoms with E-state index in [4.69, 9.17) is 9.47 Å². The van der Waals surface area contributed by atoms with Crippen molar-refractivity contribution in [3.63, 3.8) is 0 Å². The van der Waals surface area contributed by atoms with Crippen LogP contribution in [-0.4, -0.2) is 22.5 Å². The van der Waals surface area contributed by atoms with Crippen molar-refractivity contribution in [2.75, 3.05) is 7.11 Å². The Morgan fingerprint density at radius 1 is 1.00 bits per heavy atom. The molecule has 0 spiro atoms. The fourth-order valence-corrected chi connectivity index (χ4v) is 4.31. The Kier molecular flexibility index (Phi) is 4.72. The number of para-hydroxylation sites is 3. The molecule has 0 amide bonds. The Labute approximate surface area is 180 Å². The zero-order valence-electron chi connectivity index (χ0n) is 16.4. The standard InChI is InChI=1S/C24H16N2O4S/c1-29-17-12-10-15(11-13-17)23(28)30-20-9-5-2-6-16(20)14-21-22(27)26-19-8-4-3-7-18(19)25-24(26)31-21/h2-14H,1H3/b21-14-. The number of esters is 1. The van der Waals surface area contributed by atoms with Crippen LogP contribution >= 0.6 is 11.3 Å². The van der Waals surface area contributed by atoms with Gasteiger partial charge in [-0.25, -0.2) is 14.2 Å². The van der Waals surface area contributed by atoms with Crippen molar-refractivity contribution in [3.05, 3.63) is 98.8 Å². The van der Waals surface area contributed by atoms with Crippen molar-refractivity contribution in [1.82, 2.24) is 9.38 Å². The highest BCUT2D eigenvalue weighted by Gasteiger charge is 2.13. The number of ether oxygens (including phenoxy) is 2. The summed E-state index contributed by atoms with van der Waals surface area (Å²) in [5.74, 6) is 0.542. The van der Waals surface area contributed by atoms with E-state index in [1.54, 1.807) is 60.1 Å². The molecule has 31 heavy (non-hydrogen) atoms. The van der Waals surface area contributed by atoms with E-state index in [0.29, 0.717) is 32.1 Å². The third-order valence-corrected chi connectivity index (χ3v) is 5.85. The minimum Gasteiger partial charge on any atom is -0.497 e. The van der Waals surface area contributed by atoms with Crippen LogP contribution in [0.1, 0.15) is 15.9 Å². The highest BCUT2D eigenvalue weighted by atomic mass is 32.1. The van der Waals surface area contributed by atoms with Crippen molar-refractivity contribution >= 4 is 39.4 Å². The van der Waals surface area contributed by atoms with Gasteiger partial charge in [0, 0.05) is 5.56 Å². The molecular formula is C24H16N2O4S. The molecule has 2 heterocycles. The molecule has 0 fully saturated rings. The van der Waals surface area contributed by atoms with Crippen molar-refractivity contribution < 1.29 is 14.3 Å². The molecule has 7 heteroatoms. The van der Waals surface area contributed by atoms with Gasteiger partial charge in [-0.3, -0.25) is 4.79 Å². The Hall–Kier alpha value is -3.97. The van der Waals surface area contributed by atoms with Crippen LogP contribution in [-0.2, 0) is 0 Å². The van der Waals surface area contributed by atoms with E-state index < -0.39 is 5.97 Å². The predicted molar refractivity (Wildman–Crippen MR) is 120 cm³/mol. The Morgan fingerprint density at radius 3 is 2.55 bits per heavy atom. The second-order valence-corrected chi connectivity index (χ2v) is 7.80. The molecule has 5 rings (SSSR count). The molecular weight excluding hydrogens is 412 g/mol. The van der Waals surface area contributed by atoms with E-state index in [1.165, 1.54) is 11.3 Å². The number of nitrogens with zero attached hydrogens (tertiary/aromatic N) is 2. The summed E-state index contributed by atoms with van der Waals surface area (Å²) in [5.41, 5.74) is 2.45. The van der Waals surface area contributed by atoms with E-state index >= 15 is 0 Å². The average molecular weight is 428 g/mol. The normalized spacial score (nSPS) is 11.8. The van der Waals surface area contributed by atoms with Crippen molar-refractivity contribution in [2.24, 2.45) is 0 Å². The first-order chi connectivity index (χ1) is 15.1. The van der Waals surface area contributed by atoms with Gasteiger partial charge in [0.05, 0.1) is 28.2 Å². The Morgan fingerprint density at radius 2 is 1.74 bits per heavy atom. The van der Waals surface area contributed by atoms with Crippen LogP contribution < -0.4 is 19.6 Å². The van der Waals surface area contributed by atoms with Gasteiger partial charge in [-0.05, 0) is 48.5 Å². The number of thiazole rings is 1. The molecule has 0 saturated carbocycles. The first-order valence-corrected chi connectivity index (χ1v) is 10.3. The van der Waals surface area contributed by atoms with Gasteiger partial charge in [0.15, 0.2) is 4.96 Å². The summed E-state index contributed by atoms with van der Waals surface area (Å²) < 4.78 is 12.9. The molecule has 0 aliphatic heterocycles. The molecule has 6 nitrogen and oxygen atoms in total. The van der Waals surface area contributed by atoms with E-state index in [9.17, 15) is 9.59 Å². The second-order valence-electron chi connectivity index (χ2n) is 6.79. The largest absolute Gasteiger partial charge is 0.497 e. The maximum atomic E-state index is 13.0. The molecule has 0 unspecified atom stereocenters. The Balaban J connectivity index is 1.53. The van der Waals surface area contributed by atoms with Gasteiger partial charge >= 0.3 is 5.97 Å². The maximum absolute atomic E-state index is 13.0. The number of carbonyl (C=O) groups is 1. The van der Waals surface area contributed by atoms with Gasteiger partial charge in [-0.2, -0.15) is 0 Å². The molecule has 5 aromatic rings. The lowest BCUT2D eigenvalue weighted by molar-refractivity contribution is 0.0734. The quantitative estimate of drug-likeness (QED) is 0.323. The van der Waals surface area contributed by atoms with E-state index in [2.05, 4.69) is 4.98 Å². The first kappa shape index (κ1) is 19.0. The lowest BCUT2D eigenvalue weighted by Gasteiger charge is -2.07. The molecule has 0 N–H and O–H groups in total. The van der Waals surface area contributed by atoms with Gasteiger partial charge in [-0.15, -0.1) is 0 Å². The van der Waals surface area contributed by atoms with Crippen LogP contribution in [0.2, 0.25) is 0 Å². The molecule has 0 atom stereocenters. The van der Waals surface area contributed by atoms with Gasteiger partial charge in [-0.1, -0.05) is 41.7 Å². The third-order valence-electron chi connectivity index (χ3n) is 4.88. The number of methoxy groups -OCH3 is 1. The molecule has 0 saturated heterocycles. The second kappa shape index (κ2) is 7.70. The smallest absolute Gasteiger partial charge is 0.343 e. The number of fused-ring (bicyclic) bond motifs is 3. The summed E-state index contributed by atoms with van der Waals surface area (Å²) in [5, 5.41) is 0. The average Bonchev–Trinajstić information content (AvgIpc) is 3.31. The summed E-state index contributed by atoms with van der Waals surface area (Å²) in [4.78, 5) is 30.7. The fourth-order valence-electron chi connectivity index (χ4n) is 3.33. The molecule has 0 aliphatic rings. The molecule has 0 radical (unpaired) electrons. The Bertz CT molecular complexity index is 1530. The molecule has 0 aliphatic carbocycles. The summed E-state index contributed by atoms with van der Waals surface area (Å²) >= 11 is 1.30. The number of hydrogen-bond donors (Lipinski definition) is 0. The number of aromatic nitrogens is 2. The zero-order chi connectivity index (χ0) is 21.4. The zero-order valence-corrected chi connectivity index (χ0v) is 17.3. The number of rotatable bonds is 4. The first-order valence-electron chi connectivity index (χ1n) is 9.51. The van der Waals surface area contributed by atoms with E-state index in [1.807, 2.05) is 30.3 Å². The van der Waals surface area contributed by atoms with E-state index in [-0.39, 0.29) is 5.56 Å². The van der Waals surface area contributed by atoms with Crippen molar-refractivity contribution in [2.45, 2.75) is 0 Å². The minimum absolute atomic E-state index is 0.148.